The lowest BCUT2D eigenvalue weighted by Crippen LogP contribution is -2.48. The second-order valence-corrected chi connectivity index (χ2v) is 7.07. The Morgan fingerprint density at radius 2 is 2.00 bits per heavy atom. The number of aryl methyl sites for hydroxylation is 1. The Hall–Kier alpha value is -1.03. The van der Waals surface area contributed by atoms with Gasteiger partial charge in [0.15, 0.2) is 0 Å². The summed E-state index contributed by atoms with van der Waals surface area (Å²) in [6.07, 6.45) is 10.4. The van der Waals surface area contributed by atoms with Crippen molar-refractivity contribution in [1.82, 2.24) is 4.90 Å². The van der Waals surface area contributed by atoms with E-state index in [1.165, 1.54) is 67.5 Å². The van der Waals surface area contributed by atoms with Gasteiger partial charge in [-0.2, -0.15) is 0 Å². The molecular weight excluding hydrogens is 254 g/mol. The van der Waals surface area contributed by atoms with Gasteiger partial charge in [-0.3, -0.25) is 5.41 Å². The summed E-state index contributed by atoms with van der Waals surface area (Å²) in [4.78, 5) is 3.86. The molecule has 1 aromatic rings. The van der Waals surface area contributed by atoms with E-state index >= 15 is 0 Å². The van der Waals surface area contributed by atoms with E-state index in [2.05, 4.69) is 10.2 Å². The summed E-state index contributed by atoms with van der Waals surface area (Å²) < 4.78 is 0. The number of rotatable bonds is 0. The Morgan fingerprint density at radius 3 is 2.95 bits per heavy atom. The molecule has 2 N–H and O–H groups in total. The molecule has 3 nitrogen and oxygen atoms in total. The third-order valence-electron chi connectivity index (χ3n) is 4.75. The van der Waals surface area contributed by atoms with Crippen LogP contribution >= 0.6 is 11.3 Å². The Kier molecular flexibility index (Phi) is 2.79. The lowest BCUT2D eigenvalue weighted by Gasteiger charge is -2.37. The largest absolute Gasteiger partial charge is 0.356 e. The minimum atomic E-state index is 0.377. The number of amidine groups is 1. The van der Waals surface area contributed by atoms with E-state index in [9.17, 15) is 0 Å². The summed E-state index contributed by atoms with van der Waals surface area (Å²) in [7, 11) is 0. The first-order chi connectivity index (χ1) is 9.34. The second kappa shape index (κ2) is 4.51. The predicted octanol–water partition coefficient (Wildman–Crippen LogP) is 3.58. The van der Waals surface area contributed by atoms with Crippen LogP contribution in [0.4, 0.5) is 5.00 Å². The highest BCUT2D eigenvalue weighted by atomic mass is 32.1. The van der Waals surface area contributed by atoms with Gasteiger partial charge in [-0.25, -0.2) is 0 Å². The number of fused-ring (bicyclic) bond motifs is 4. The van der Waals surface area contributed by atoms with Crippen LogP contribution in [0.3, 0.4) is 0 Å². The maximum Gasteiger partial charge on any atom is 0.133 e. The fraction of sp³-hybridized carbons (Fsp3) is 0.667. The molecule has 2 aliphatic heterocycles. The molecule has 0 saturated carbocycles. The van der Waals surface area contributed by atoms with Crippen LogP contribution in [0.2, 0.25) is 0 Å². The molecule has 4 rings (SSSR count). The Morgan fingerprint density at radius 1 is 1.11 bits per heavy atom. The van der Waals surface area contributed by atoms with Crippen molar-refractivity contribution in [2.24, 2.45) is 0 Å². The van der Waals surface area contributed by atoms with E-state index in [1.54, 1.807) is 4.88 Å². The molecule has 4 heteroatoms. The minimum Gasteiger partial charge on any atom is -0.356 e. The molecule has 1 aliphatic carbocycles. The van der Waals surface area contributed by atoms with Crippen molar-refractivity contribution in [3.8, 4) is 0 Å². The number of anilines is 1. The van der Waals surface area contributed by atoms with Crippen molar-refractivity contribution in [3.63, 3.8) is 0 Å². The number of nitrogens with zero attached hydrogens (tertiary/aromatic N) is 1. The first kappa shape index (κ1) is 11.8. The zero-order valence-electron chi connectivity index (χ0n) is 11.3. The Balaban J connectivity index is 1.77. The van der Waals surface area contributed by atoms with Crippen molar-refractivity contribution in [2.75, 3.05) is 11.9 Å². The number of hydrogen-bond donors (Lipinski definition) is 2. The average molecular weight is 275 g/mol. The van der Waals surface area contributed by atoms with Gasteiger partial charge < -0.3 is 10.2 Å². The molecule has 0 aromatic carbocycles. The Labute approximate surface area is 118 Å². The first-order valence-corrected chi connectivity index (χ1v) is 8.43. The molecular formula is C15H21N3S. The molecule has 102 valence electrons. The van der Waals surface area contributed by atoms with E-state index in [4.69, 9.17) is 5.41 Å². The highest BCUT2D eigenvalue weighted by molar-refractivity contribution is 7.16. The van der Waals surface area contributed by atoms with E-state index in [0.29, 0.717) is 6.17 Å². The fourth-order valence-corrected chi connectivity index (χ4v) is 5.08. The maximum atomic E-state index is 8.64. The fourth-order valence-electron chi connectivity index (χ4n) is 3.74. The second-order valence-electron chi connectivity index (χ2n) is 5.97. The lowest BCUT2D eigenvalue weighted by atomic mass is 9.94. The molecule has 0 amide bonds. The summed E-state index contributed by atoms with van der Waals surface area (Å²) in [5, 5.41) is 13.7. The molecule has 0 radical (unpaired) electrons. The molecule has 1 fully saturated rings. The van der Waals surface area contributed by atoms with Gasteiger partial charge in [-0.05, 0) is 50.5 Å². The standard InChI is InChI=1S/C15H21N3S/c16-14-13-10-6-3-4-7-11(10)19-15(13)17-12-8-2-1-5-9-18(12)14/h12,16-17H,1-9H2/t12-/m0/s1. The van der Waals surface area contributed by atoms with Crippen LogP contribution in [0.5, 0.6) is 0 Å². The lowest BCUT2D eigenvalue weighted by molar-refractivity contribution is 0.338. The van der Waals surface area contributed by atoms with Crippen LogP contribution in [0.1, 0.15) is 54.5 Å². The summed E-state index contributed by atoms with van der Waals surface area (Å²) in [6, 6.07) is 0. The molecule has 1 saturated heterocycles. The molecule has 1 aromatic heterocycles. The monoisotopic (exact) mass is 275 g/mol. The van der Waals surface area contributed by atoms with Gasteiger partial charge in [-0.1, -0.05) is 6.42 Å². The summed E-state index contributed by atoms with van der Waals surface area (Å²) >= 11 is 1.93. The van der Waals surface area contributed by atoms with Gasteiger partial charge in [-0.15, -0.1) is 11.3 Å². The van der Waals surface area contributed by atoms with E-state index < -0.39 is 0 Å². The van der Waals surface area contributed by atoms with Gasteiger partial charge in [0, 0.05) is 11.4 Å². The highest BCUT2D eigenvalue weighted by Crippen LogP contribution is 2.42. The molecule has 1 atom stereocenters. The van der Waals surface area contributed by atoms with Gasteiger partial charge in [0.1, 0.15) is 17.0 Å². The zero-order chi connectivity index (χ0) is 12.8. The number of nitrogens with one attached hydrogen (secondary N) is 2. The normalized spacial score (nSPS) is 26.0. The van der Waals surface area contributed by atoms with Crippen molar-refractivity contribution < 1.29 is 0 Å². The average Bonchev–Trinajstić information content (AvgIpc) is 2.62. The van der Waals surface area contributed by atoms with Crippen molar-refractivity contribution in [3.05, 3.63) is 16.0 Å². The summed E-state index contributed by atoms with van der Waals surface area (Å²) in [6.45, 7) is 1.06. The van der Waals surface area contributed by atoms with Crippen LogP contribution in [0, 0.1) is 5.41 Å². The minimum absolute atomic E-state index is 0.377. The first-order valence-electron chi connectivity index (χ1n) is 7.61. The molecule has 0 spiro atoms. The smallest absolute Gasteiger partial charge is 0.133 e. The van der Waals surface area contributed by atoms with Crippen LogP contribution in [-0.4, -0.2) is 23.4 Å². The SMILES string of the molecule is N=C1c2c(sc3c2CCCC3)N[C@@H]2CCCCCN12. The van der Waals surface area contributed by atoms with E-state index in [1.807, 2.05) is 11.3 Å². The maximum absolute atomic E-state index is 8.64. The van der Waals surface area contributed by atoms with Crippen molar-refractivity contribution in [1.29, 1.82) is 5.41 Å². The molecule has 3 aliphatic rings. The molecule has 3 heterocycles. The molecule has 19 heavy (non-hydrogen) atoms. The molecule has 0 bridgehead atoms. The zero-order valence-corrected chi connectivity index (χ0v) is 12.1. The van der Waals surface area contributed by atoms with Gasteiger partial charge in [0.05, 0.1) is 5.56 Å². The van der Waals surface area contributed by atoms with Gasteiger partial charge >= 0.3 is 0 Å². The summed E-state index contributed by atoms with van der Waals surface area (Å²) in [5.41, 5.74) is 2.74. The predicted molar refractivity (Wildman–Crippen MR) is 80.4 cm³/mol. The summed E-state index contributed by atoms with van der Waals surface area (Å²) in [5.74, 6) is 0.806. The van der Waals surface area contributed by atoms with Crippen LogP contribution in [0.25, 0.3) is 0 Å². The number of thiophene rings is 1. The topological polar surface area (TPSA) is 39.1 Å². The third kappa shape index (κ3) is 1.80. The molecule has 0 unspecified atom stereocenters. The van der Waals surface area contributed by atoms with Gasteiger partial charge in [0.2, 0.25) is 0 Å². The van der Waals surface area contributed by atoms with Crippen molar-refractivity contribution >= 4 is 22.2 Å². The van der Waals surface area contributed by atoms with Crippen LogP contribution in [0.15, 0.2) is 0 Å². The third-order valence-corrected chi connectivity index (χ3v) is 5.97. The Bertz CT molecular complexity index is 520. The van der Waals surface area contributed by atoms with E-state index in [0.717, 1.165) is 12.4 Å². The number of hydrogen-bond acceptors (Lipinski definition) is 3. The van der Waals surface area contributed by atoms with Crippen LogP contribution < -0.4 is 5.32 Å². The van der Waals surface area contributed by atoms with E-state index in [-0.39, 0.29) is 0 Å². The van der Waals surface area contributed by atoms with Gasteiger partial charge in [0.25, 0.3) is 0 Å². The highest BCUT2D eigenvalue weighted by Gasteiger charge is 2.34. The van der Waals surface area contributed by atoms with Crippen LogP contribution in [-0.2, 0) is 12.8 Å². The van der Waals surface area contributed by atoms with Crippen molar-refractivity contribution in [2.45, 2.75) is 57.5 Å². The quantitative estimate of drug-likeness (QED) is 0.759.